The molecule has 1 atom stereocenters. The number of amides is 3. The lowest BCUT2D eigenvalue weighted by atomic mass is 9.80. The van der Waals surface area contributed by atoms with Crippen LogP contribution in [-0.4, -0.2) is 58.7 Å². The van der Waals surface area contributed by atoms with E-state index in [1.807, 2.05) is 43.3 Å². The van der Waals surface area contributed by atoms with Crippen molar-refractivity contribution in [2.75, 3.05) is 19.6 Å². The zero-order valence-electron chi connectivity index (χ0n) is 18.3. The molecule has 3 rings (SSSR count). The second kappa shape index (κ2) is 9.45. The minimum atomic E-state index is -0.833. The van der Waals surface area contributed by atoms with Gasteiger partial charge in [0.2, 0.25) is 17.7 Å². The topological polar surface area (TPSA) is 69.7 Å². The SMILES string of the molecule is CCCN1C(=O)C(CC(C)C)NC(=O)C12CCN(C(=O)C=Cc1ccccc1)CC2. The highest BCUT2D eigenvalue weighted by Gasteiger charge is 2.53. The van der Waals surface area contributed by atoms with Crippen LogP contribution in [0.3, 0.4) is 0 Å². The molecule has 2 heterocycles. The Morgan fingerprint density at radius 3 is 2.47 bits per heavy atom. The highest BCUT2D eigenvalue weighted by molar-refractivity contribution is 6.00. The summed E-state index contributed by atoms with van der Waals surface area (Å²) in [6.45, 7) is 7.64. The van der Waals surface area contributed by atoms with Crippen molar-refractivity contribution in [3.63, 3.8) is 0 Å². The molecule has 6 nitrogen and oxygen atoms in total. The molecular formula is C24H33N3O3. The van der Waals surface area contributed by atoms with Crippen molar-refractivity contribution in [1.29, 1.82) is 0 Å². The number of carbonyl (C=O) groups is 3. The lowest BCUT2D eigenvalue weighted by molar-refractivity contribution is -0.162. The fourth-order valence-electron chi connectivity index (χ4n) is 4.49. The van der Waals surface area contributed by atoms with Gasteiger partial charge in [0.1, 0.15) is 11.6 Å². The molecule has 30 heavy (non-hydrogen) atoms. The van der Waals surface area contributed by atoms with E-state index in [9.17, 15) is 14.4 Å². The Labute approximate surface area is 179 Å². The molecule has 1 aromatic rings. The zero-order valence-corrected chi connectivity index (χ0v) is 18.3. The summed E-state index contributed by atoms with van der Waals surface area (Å²) in [5.41, 5.74) is 0.141. The van der Waals surface area contributed by atoms with E-state index >= 15 is 0 Å². The monoisotopic (exact) mass is 411 g/mol. The molecule has 162 valence electrons. The molecule has 2 aliphatic heterocycles. The minimum Gasteiger partial charge on any atom is -0.342 e. The summed E-state index contributed by atoms with van der Waals surface area (Å²) in [4.78, 5) is 42.5. The van der Waals surface area contributed by atoms with Crippen molar-refractivity contribution < 1.29 is 14.4 Å². The van der Waals surface area contributed by atoms with E-state index in [0.717, 1.165) is 12.0 Å². The number of hydrogen-bond acceptors (Lipinski definition) is 3. The van der Waals surface area contributed by atoms with Gasteiger partial charge < -0.3 is 15.1 Å². The molecular weight excluding hydrogens is 378 g/mol. The maximum absolute atomic E-state index is 13.2. The Bertz CT molecular complexity index is 795. The van der Waals surface area contributed by atoms with E-state index < -0.39 is 11.6 Å². The number of rotatable bonds is 6. The minimum absolute atomic E-state index is 0.0221. The average Bonchev–Trinajstić information content (AvgIpc) is 2.74. The van der Waals surface area contributed by atoms with Gasteiger partial charge in [-0.05, 0) is 43.2 Å². The van der Waals surface area contributed by atoms with E-state index in [0.29, 0.717) is 44.8 Å². The number of piperazine rings is 1. The standard InChI is InChI=1S/C24H33N3O3/c1-4-14-27-22(29)20(17-18(2)3)25-23(30)24(27)12-15-26(16-13-24)21(28)11-10-19-8-6-5-7-9-19/h5-11,18,20H,4,12-17H2,1-3H3,(H,25,30). The normalized spacial score (nSPS) is 21.5. The summed E-state index contributed by atoms with van der Waals surface area (Å²) < 4.78 is 0. The quantitative estimate of drug-likeness (QED) is 0.732. The van der Waals surface area contributed by atoms with Crippen LogP contribution in [0.5, 0.6) is 0 Å². The summed E-state index contributed by atoms with van der Waals surface area (Å²) in [5.74, 6) is 0.227. The third-order valence-electron chi connectivity index (χ3n) is 6.08. The van der Waals surface area contributed by atoms with Crippen LogP contribution in [0.25, 0.3) is 6.08 Å². The van der Waals surface area contributed by atoms with E-state index in [-0.39, 0.29) is 17.7 Å². The van der Waals surface area contributed by atoms with Gasteiger partial charge in [0.25, 0.3) is 0 Å². The summed E-state index contributed by atoms with van der Waals surface area (Å²) in [7, 11) is 0. The lowest BCUT2D eigenvalue weighted by Crippen LogP contribution is -2.73. The van der Waals surface area contributed by atoms with Gasteiger partial charge in [-0.25, -0.2) is 0 Å². The van der Waals surface area contributed by atoms with Crippen LogP contribution in [-0.2, 0) is 14.4 Å². The second-order valence-electron chi connectivity index (χ2n) is 8.75. The molecule has 2 aliphatic rings. The number of carbonyl (C=O) groups excluding carboxylic acids is 3. The molecule has 1 aromatic carbocycles. The first-order chi connectivity index (χ1) is 14.4. The maximum atomic E-state index is 13.2. The van der Waals surface area contributed by atoms with Gasteiger partial charge in [-0.2, -0.15) is 0 Å². The lowest BCUT2D eigenvalue weighted by Gasteiger charge is -2.51. The fourth-order valence-corrected chi connectivity index (χ4v) is 4.49. The Morgan fingerprint density at radius 1 is 1.20 bits per heavy atom. The van der Waals surface area contributed by atoms with Gasteiger partial charge in [-0.15, -0.1) is 0 Å². The van der Waals surface area contributed by atoms with Crippen molar-refractivity contribution in [2.24, 2.45) is 5.92 Å². The highest BCUT2D eigenvalue weighted by Crippen LogP contribution is 2.34. The largest absolute Gasteiger partial charge is 0.342 e. The second-order valence-corrected chi connectivity index (χ2v) is 8.75. The van der Waals surface area contributed by atoms with Crippen molar-refractivity contribution >= 4 is 23.8 Å². The zero-order chi connectivity index (χ0) is 21.7. The third-order valence-corrected chi connectivity index (χ3v) is 6.08. The number of piperidine rings is 1. The number of likely N-dealkylation sites (tertiary alicyclic amines) is 1. The first-order valence-corrected chi connectivity index (χ1v) is 11.0. The van der Waals surface area contributed by atoms with Crippen LogP contribution in [0, 0.1) is 5.92 Å². The molecule has 0 aliphatic carbocycles. The van der Waals surface area contributed by atoms with E-state index in [2.05, 4.69) is 19.2 Å². The Hall–Kier alpha value is -2.63. The molecule has 0 radical (unpaired) electrons. The van der Waals surface area contributed by atoms with E-state index in [1.54, 1.807) is 15.9 Å². The molecule has 1 unspecified atom stereocenters. The molecule has 0 bridgehead atoms. The number of benzene rings is 1. The molecule has 0 saturated carbocycles. The van der Waals surface area contributed by atoms with E-state index in [1.165, 1.54) is 0 Å². The van der Waals surface area contributed by atoms with Crippen LogP contribution < -0.4 is 5.32 Å². The predicted molar refractivity (Wildman–Crippen MR) is 117 cm³/mol. The van der Waals surface area contributed by atoms with E-state index in [4.69, 9.17) is 0 Å². The fraction of sp³-hybridized carbons (Fsp3) is 0.542. The van der Waals surface area contributed by atoms with Gasteiger partial charge in [-0.1, -0.05) is 51.1 Å². The molecule has 3 amide bonds. The average molecular weight is 412 g/mol. The smallest absolute Gasteiger partial charge is 0.246 e. The Balaban J connectivity index is 1.70. The highest BCUT2D eigenvalue weighted by atomic mass is 16.2. The summed E-state index contributed by atoms with van der Waals surface area (Å²) in [6, 6.07) is 9.26. The van der Waals surface area contributed by atoms with Gasteiger partial charge in [0.05, 0.1) is 0 Å². The molecule has 6 heteroatoms. The first kappa shape index (κ1) is 22.1. The van der Waals surface area contributed by atoms with Crippen molar-refractivity contribution in [1.82, 2.24) is 15.1 Å². The van der Waals surface area contributed by atoms with Crippen molar-refractivity contribution in [2.45, 2.75) is 58.0 Å². The summed E-state index contributed by atoms with van der Waals surface area (Å²) >= 11 is 0. The van der Waals surface area contributed by atoms with Crippen molar-refractivity contribution in [3.05, 3.63) is 42.0 Å². The summed E-state index contributed by atoms with van der Waals surface area (Å²) in [6.07, 6.45) is 5.80. The van der Waals surface area contributed by atoms with Gasteiger partial charge in [0.15, 0.2) is 0 Å². The van der Waals surface area contributed by atoms with Gasteiger partial charge in [0, 0.05) is 25.7 Å². The van der Waals surface area contributed by atoms with Crippen LogP contribution >= 0.6 is 0 Å². The van der Waals surface area contributed by atoms with Crippen molar-refractivity contribution in [3.8, 4) is 0 Å². The van der Waals surface area contributed by atoms with Crippen LogP contribution in [0.1, 0.15) is 52.0 Å². The molecule has 1 spiro atoms. The molecule has 0 aromatic heterocycles. The predicted octanol–water partition coefficient (Wildman–Crippen LogP) is 2.84. The number of nitrogens with one attached hydrogen (secondary N) is 1. The van der Waals surface area contributed by atoms with Gasteiger partial charge in [-0.3, -0.25) is 14.4 Å². The maximum Gasteiger partial charge on any atom is 0.246 e. The summed E-state index contributed by atoms with van der Waals surface area (Å²) in [5, 5.41) is 2.99. The van der Waals surface area contributed by atoms with Crippen LogP contribution in [0.2, 0.25) is 0 Å². The van der Waals surface area contributed by atoms with Crippen LogP contribution in [0.15, 0.2) is 36.4 Å². The van der Waals surface area contributed by atoms with Crippen LogP contribution in [0.4, 0.5) is 0 Å². The third kappa shape index (κ3) is 4.58. The molecule has 2 saturated heterocycles. The first-order valence-electron chi connectivity index (χ1n) is 11.0. The molecule has 2 fully saturated rings. The Morgan fingerprint density at radius 2 is 1.87 bits per heavy atom. The van der Waals surface area contributed by atoms with Gasteiger partial charge >= 0.3 is 0 Å². The Kier molecular flexibility index (Phi) is 6.95. The number of hydrogen-bond donors (Lipinski definition) is 1. The molecule has 1 N–H and O–H groups in total. The number of nitrogens with zero attached hydrogens (tertiary/aromatic N) is 2.